The van der Waals surface area contributed by atoms with Crippen LogP contribution in [0.15, 0.2) is 60.2 Å². The van der Waals surface area contributed by atoms with Crippen molar-refractivity contribution >= 4 is 45.3 Å². The maximum atomic E-state index is 11.8. The molecule has 1 amide bonds. The predicted molar refractivity (Wildman–Crippen MR) is 126 cm³/mol. The minimum absolute atomic E-state index is 0.0283. The van der Waals surface area contributed by atoms with Crippen LogP contribution in [0.1, 0.15) is 18.1 Å². The Morgan fingerprint density at radius 3 is 2.60 bits per heavy atom. The molecule has 0 unspecified atom stereocenters. The molecule has 6 heteroatoms. The molecular formula is C24H21IN2O3. The van der Waals surface area contributed by atoms with E-state index in [-0.39, 0.29) is 5.57 Å². The summed E-state index contributed by atoms with van der Waals surface area (Å²) in [5.74, 6) is 0.786. The highest BCUT2D eigenvalue weighted by Crippen LogP contribution is 2.35. The van der Waals surface area contributed by atoms with E-state index in [9.17, 15) is 10.1 Å². The fraction of sp³-hybridized carbons (Fsp3) is 0.167. The Bertz CT molecular complexity index is 1150. The van der Waals surface area contributed by atoms with E-state index in [1.807, 2.05) is 31.2 Å². The van der Waals surface area contributed by atoms with E-state index in [2.05, 4.69) is 58.2 Å². The molecule has 0 heterocycles. The summed E-state index contributed by atoms with van der Waals surface area (Å²) in [6.45, 7) is 2.77. The Labute approximate surface area is 189 Å². The van der Waals surface area contributed by atoms with E-state index in [1.54, 1.807) is 6.07 Å². The number of ether oxygens (including phenoxy) is 2. The van der Waals surface area contributed by atoms with Gasteiger partial charge in [-0.25, -0.2) is 0 Å². The highest BCUT2D eigenvalue weighted by atomic mass is 127. The van der Waals surface area contributed by atoms with Crippen molar-refractivity contribution in [3.63, 3.8) is 0 Å². The monoisotopic (exact) mass is 512 g/mol. The number of nitrogens with zero attached hydrogens (tertiary/aromatic N) is 1. The van der Waals surface area contributed by atoms with Crippen LogP contribution in [-0.2, 0) is 11.4 Å². The van der Waals surface area contributed by atoms with E-state index < -0.39 is 5.91 Å². The number of carbonyl (C=O) groups is 1. The molecule has 1 N–H and O–H groups in total. The number of nitriles is 1. The van der Waals surface area contributed by atoms with Gasteiger partial charge in [0.25, 0.3) is 5.91 Å². The zero-order valence-corrected chi connectivity index (χ0v) is 18.9. The first-order chi connectivity index (χ1) is 14.5. The summed E-state index contributed by atoms with van der Waals surface area (Å²) >= 11 is 2.18. The van der Waals surface area contributed by atoms with Crippen LogP contribution in [0.2, 0.25) is 0 Å². The van der Waals surface area contributed by atoms with Crippen LogP contribution in [0.3, 0.4) is 0 Å². The van der Waals surface area contributed by atoms with E-state index >= 15 is 0 Å². The molecule has 0 bridgehead atoms. The van der Waals surface area contributed by atoms with Crippen molar-refractivity contribution in [1.29, 1.82) is 5.26 Å². The molecule has 5 nitrogen and oxygen atoms in total. The van der Waals surface area contributed by atoms with Crippen LogP contribution in [0.5, 0.6) is 11.5 Å². The van der Waals surface area contributed by atoms with Crippen molar-refractivity contribution in [2.75, 3.05) is 13.7 Å². The van der Waals surface area contributed by atoms with E-state index in [0.717, 1.165) is 14.5 Å². The van der Waals surface area contributed by atoms with Crippen LogP contribution in [0.4, 0.5) is 0 Å². The van der Waals surface area contributed by atoms with Crippen LogP contribution in [-0.4, -0.2) is 19.6 Å². The van der Waals surface area contributed by atoms with Gasteiger partial charge >= 0.3 is 0 Å². The fourth-order valence-corrected chi connectivity index (χ4v) is 3.79. The standard InChI is InChI=1S/C24H21IN2O3/c1-3-29-22-13-17(11-20(14-26)24(28)27-2)12-21(25)23(22)30-15-16-8-9-18-6-4-5-7-19(18)10-16/h4-13H,3,15H2,1-2H3,(H,27,28)/b20-11-. The average molecular weight is 512 g/mol. The normalized spacial score (nSPS) is 11.1. The van der Waals surface area contributed by atoms with E-state index in [0.29, 0.717) is 30.3 Å². The van der Waals surface area contributed by atoms with Crippen molar-refractivity contribution in [3.8, 4) is 17.6 Å². The number of hydrogen-bond acceptors (Lipinski definition) is 4. The summed E-state index contributed by atoms with van der Waals surface area (Å²) in [4.78, 5) is 11.8. The topological polar surface area (TPSA) is 71.3 Å². The second-order valence-corrected chi connectivity index (χ2v) is 7.64. The highest BCUT2D eigenvalue weighted by Gasteiger charge is 2.14. The molecule has 30 heavy (non-hydrogen) atoms. The minimum Gasteiger partial charge on any atom is -0.490 e. The van der Waals surface area contributed by atoms with Crippen molar-refractivity contribution in [1.82, 2.24) is 5.32 Å². The number of nitrogens with one attached hydrogen (secondary N) is 1. The maximum Gasteiger partial charge on any atom is 0.261 e. The van der Waals surface area contributed by atoms with Crippen molar-refractivity contribution < 1.29 is 14.3 Å². The number of likely N-dealkylation sites (N-methyl/N-ethyl adjacent to an activating group) is 1. The highest BCUT2D eigenvalue weighted by molar-refractivity contribution is 14.1. The third kappa shape index (κ3) is 5.10. The molecule has 0 aromatic heterocycles. The third-order valence-corrected chi connectivity index (χ3v) is 5.23. The molecule has 0 fully saturated rings. The van der Waals surface area contributed by atoms with Crippen LogP contribution in [0.25, 0.3) is 16.8 Å². The molecule has 0 aliphatic rings. The first-order valence-electron chi connectivity index (χ1n) is 9.46. The van der Waals surface area contributed by atoms with Gasteiger partial charge in [-0.1, -0.05) is 36.4 Å². The lowest BCUT2D eigenvalue weighted by Crippen LogP contribution is -2.19. The molecule has 0 saturated heterocycles. The number of rotatable bonds is 7. The molecule has 0 saturated carbocycles. The van der Waals surface area contributed by atoms with Crippen LogP contribution >= 0.6 is 22.6 Å². The lowest BCUT2D eigenvalue weighted by molar-refractivity contribution is -0.116. The zero-order chi connectivity index (χ0) is 21.5. The third-order valence-electron chi connectivity index (χ3n) is 4.43. The van der Waals surface area contributed by atoms with Gasteiger partial charge in [0.15, 0.2) is 11.5 Å². The fourth-order valence-electron chi connectivity index (χ4n) is 3.01. The molecule has 3 rings (SSSR count). The SMILES string of the molecule is CCOc1cc(/C=C(/C#N)C(=O)NC)cc(I)c1OCc1ccc2ccccc2c1. The Morgan fingerprint density at radius 2 is 1.90 bits per heavy atom. The summed E-state index contributed by atoms with van der Waals surface area (Å²) in [5, 5.41) is 14.1. The number of fused-ring (bicyclic) bond motifs is 1. The number of benzene rings is 3. The van der Waals surface area contributed by atoms with Crippen molar-refractivity contribution in [2.45, 2.75) is 13.5 Å². The van der Waals surface area contributed by atoms with E-state index in [4.69, 9.17) is 9.47 Å². The predicted octanol–water partition coefficient (Wildman–Crippen LogP) is 5.08. The molecule has 3 aromatic carbocycles. The summed E-state index contributed by atoms with van der Waals surface area (Å²) in [6, 6.07) is 20.0. The first kappa shape index (κ1) is 21.7. The minimum atomic E-state index is -0.429. The molecular weight excluding hydrogens is 491 g/mol. The van der Waals surface area contributed by atoms with Crippen molar-refractivity contribution in [2.24, 2.45) is 0 Å². The summed E-state index contributed by atoms with van der Waals surface area (Å²) < 4.78 is 12.7. The van der Waals surface area contributed by atoms with E-state index in [1.165, 1.54) is 18.5 Å². The summed E-state index contributed by atoms with van der Waals surface area (Å²) in [7, 11) is 1.49. The number of halogens is 1. The number of hydrogen-bond donors (Lipinski definition) is 1. The molecule has 0 atom stereocenters. The molecule has 3 aromatic rings. The summed E-state index contributed by atoms with van der Waals surface area (Å²) in [5.41, 5.74) is 1.78. The number of amides is 1. The smallest absolute Gasteiger partial charge is 0.261 e. The molecule has 0 aliphatic heterocycles. The van der Waals surface area contributed by atoms with Crippen LogP contribution < -0.4 is 14.8 Å². The zero-order valence-electron chi connectivity index (χ0n) is 16.7. The van der Waals surface area contributed by atoms with Gasteiger partial charge in [-0.05, 0) is 75.7 Å². The Kier molecular flexibility index (Phi) is 7.31. The van der Waals surface area contributed by atoms with Crippen molar-refractivity contribution in [3.05, 3.63) is 74.9 Å². The van der Waals surface area contributed by atoms with Gasteiger partial charge in [-0.2, -0.15) is 5.26 Å². The largest absolute Gasteiger partial charge is 0.490 e. The van der Waals surface area contributed by atoms with Gasteiger partial charge < -0.3 is 14.8 Å². The van der Waals surface area contributed by atoms with Crippen LogP contribution in [0, 0.1) is 14.9 Å². The quantitative estimate of drug-likeness (QED) is 0.273. The lowest BCUT2D eigenvalue weighted by Gasteiger charge is -2.15. The Hall–Kier alpha value is -3.05. The lowest BCUT2D eigenvalue weighted by atomic mass is 10.1. The number of carbonyl (C=O) groups excluding carboxylic acids is 1. The van der Waals surface area contributed by atoms with Gasteiger partial charge in [-0.3, -0.25) is 4.79 Å². The second kappa shape index (κ2) is 10.1. The average Bonchev–Trinajstić information content (AvgIpc) is 2.76. The van der Waals surface area contributed by atoms with Gasteiger partial charge in [0.1, 0.15) is 18.2 Å². The van der Waals surface area contributed by atoms with Gasteiger partial charge in [-0.15, -0.1) is 0 Å². The molecule has 152 valence electrons. The molecule has 0 aliphatic carbocycles. The second-order valence-electron chi connectivity index (χ2n) is 6.48. The first-order valence-corrected chi connectivity index (χ1v) is 10.5. The van der Waals surface area contributed by atoms with Gasteiger partial charge in [0.05, 0.1) is 10.2 Å². The maximum absolute atomic E-state index is 11.8. The molecule has 0 radical (unpaired) electrons. The Balaban J connectivity index is 1.89. The molecule has 0 spiro atoms. The van der Waals surface area contributed by atoms with Gasteiger partial charge in [0, 0.05) is 7.05 Å². The van der Waals surface area contributed by atoms with Gasteiger partial charge in [0.2, 0.25) is 0 Å². The summed E-state index contributed by atoms with van der Waals surface area (Å²) in [6.07, 6.45) is 1.54. The Morgan fingerprint density at radius 1 is 1.13 bits per heavy atom.